The third-order valence-corrected chi connectivity index (χ3v) is 4.34. The molecule has 0 radical (unpaired) electrons. The Morgan fingerprint density at radius 2 is 1.94 bits per heavy atom. The van der Waals surface area contributed by atoms with Crippen LogP contribution in [-0.2, 0) is 4.74 Å². The molecule has 1 fully saturated rings. The van der Waals surface area contributed by atoms with E-state index in [-0.39, 0.29) is 11.6 Å². The van der Waals surface area contributed by atoms with Crippen molar-refractivity contribution < 1.29 is 4.74 Å². The summed E-state index contributed by atoms with van der Waals surface area (Å²) in [5.74, 6) is 0. The van der Waals surface area contributed by atoms with E-state index in [1.54, 1.807) is 7.11 Å². The monoisotopic (exact) mass is 248 g/mol. The molecule has 0 saturated heterocycles. The first-order chi connectivity index (χ1) is 8.69. The molecule has 3 heteroatoms. The molecule has 1 heterocycles. The Morgan fingerprint density at radius 3 is 2.50 bits per heavy atom. The summed E-state index contributed by atoms with van der Waals surface area (Å²) >= 11 is 0. The number of rotatable bonds is 3. The van der Waals surface area contributed by atoms with E-state index >= 15 is 0 Å². The van der Waals surface area contributed by atoms with E-state index in [0.717, 1.165) is 18.4 Å². The number of hydrogen-bond donors (Lipinski definition) is 1. The first-order valence-corrected chi connectivity index (χ1v) is 6.91. The molecule has 18 heavy (non-hydrogen) atoms. The summed E-state index contributed by atoms with van der Waals surface area (Å²) in [6.45, 7) is 2.09. The number of pyridine rings is 1. The van der Waals surface area contributed by atoms with Gasteiger partial charge in [0.15, 0.2) is 0 Å². The lowest BCUT2D eigenvalue weighted by Gasteiger charge is -2.37. The maximum Gasteiger partial charge on any atom is 0.0871 e. The van der Waals surface area contributed by atoms with Gasteiger partial charge in [-0.15, -0.1) is 0 Å². The average molecular weight is 248 g/mol. The quantitative estimate of drug-likeness (QED) is 0.836. The van der Waals surface area contributed by atoms with Crippen molar-refractivity contribution in [1.29, 1.82) is 0 Å². The van der Waals surface area contributed by atoms with Crippen LogP contribution in [0.25, 0.3) is 0 Å². The average Bonchev–Trinajstić information content (AvgIpc) is 2.65. The van der Waals surface area contributed by atoms with Gasteiger partial charge in [0.1, 0.15) is 0 Å². The summed E-state index contributed by atoms with van der Waals surface area (Å²) in [5.41, 5.74) is 8.65. The number of nitrogens with zero attached hydrogens (tertiary/aromatic N) is 1. The molecule has 0 aromatic carbocycles. The fourth-order valence-electron chi connectivity index (χ4n) is 3.05. The molecule has 0 spiro atoms. The van der Waals surface area contributed by atoms with Crippen LogP contribution in [0.5, 0.6) is 0 Å². The zero-order chi connectivity index (χ0) is 13.0. The van der Waals surface area contributed by atoms with Crippen LogP contribution in [0.2, 0.25) is 0 Å². The van der Waals surface area contributed by atoms with Crippen molar-refractivity contribution >= 4 is 0 Å². The van der Waals surface area contributed by atoms with Gasteiger partial charge in [0, 0.05) is 19.5 Å². The minimum absolute atomic E-state index is 0.0747. The van der Waals surface area contributed by atoms with Crippen LogP contribution in [0.4, 0.5) is 0 Å². The van der Waals surface area contributed by atoms with Crippen LogP contribution in [0.1, 0.15) is 55.7 Å². The predicted octanol–water partition coefficient (Wildman–Crippen LogP) is 3.13. The number of aromatic nitrogens is 1. The Morgan fingerprint density at radius 1 is 1.28 bits per heavy atom. The second kappa shape index (κ2) is 5.81. The smallest absolute Gasteiger partial charge is 0.0871 e. The van der Waals surface area contributed by atoms with Crippen molar-refractivity contribution in [1.82, 2.24) is 4.98 Å². The second-order valence-corrected chi connectivity index (χ2v) is 5.39. The van der Waals surface area contributed by atoms with E-state index in [1.165, 1.54) is 31.2 Å². The number of aryl methyl sites for hydroxylation is 1. The van der Waals surface area contributed by atoms with Crippen molar-refractivity contribution in [3.05, 3.63) is 29.6 Å². The van der Waals surface area contributed by atoms with Crippen molar-refractivity contribution in [3.63, 3.8) is 0 Å². The first-order valence-electron chi connectivity index (χ1n) is 6.91. The molecule has 100 valence electrons. The summed E-state index contributed by atoms with van der Waals surface area (Å²) in [4.78, 5) is 4.21. The predicted molar refractivity (Wildman–Crippen MR) is 73.3 cm³/mol. The molecule has 3 nitrogen and oxygen atoms in total. The highest BCUT2D eigenvalue weighted by Gasteiger charge is 2.38. The number of nitrogens with two attached hydrogens (primary N) is 1. The zero-order valence-electron chi connectivity index (χ0n) is 11.5. The molecule has 0 aliphatic heterocycles. The molecule has 1 atom stereocenters. The third kappa shape index (κ3) is 2.57. The second-order valence-electron chi connectivity index (χ2n) is 5.39. The molecule has 1 aromatic heterocycles. The molecule has 1 unspecified atom stereocenters. The van der Waals surface area contributed by atoms with Gasteiger partial charge in [-0.2, -0.15) is 0 Å². The van der Waals surface area contributed by atoms with Crippen LogP contribution >= 0.6 is 0 Å². The van der Waals surface area contributed by atoms with E-state index in [2.05, 4.69) is 11.9 Å². The van der Waals surface area contributed by atoms with Gasteiger partial charge in [0.25, 0.3) is 0 Å². The number of hydrogen-bond acceptors (Lipinski definition) is 3. The van der Waals surface area contributed by atoms with Crippen LogP contribution < -0.4 is 5.73 Å². The van der Waals surface area contributed by atoms with E-state index < -0.39 is 0 Å². The minimum atomic E-state index is -0.204. The SMILES string of the molecule is COC1(C(N)c2cnccc2C)CCCCCC1. The van der Waals surface area contributed by atoms with Crippen LogP contribution in [0.15, 0.2) is 18.5 Å². The summed E-state index contributed by atoms with van der Waals surface area (Å²) in [6.07, 6.45) is 10.8. The molecule has 2 rings (SSSR count). The largest absolute Gasteiger partial charge is 0.376 e. The molecule has 1 saturated carbocycles. The fourth-order valence-corrected chi connectivity index (χ4v) is 3.05. The van der Waals surface area contributed by atoms with E-state index in [0.29, 0.717) is 0 Å². The van der Waals surface area contributed by atoms with Gasteiger partial charge in [0.2, 0.25) is 0 Å². The molecule has 1 aliphatic rings. The summed E-state index contributed by atoms with van der Waals surface area (Å²) in [7, 11) is 1.80. The van der Waals surface area contributed by atoms with Gasteiger partial charge in [-0.3, -0.25) is 4.98 Å². The maximum absolute atomic E-state index is 6.52. The first kappa shape index (κ1) is 13.5. The molecule has 1 aromatic rings. The summed E-state index contributed by atoms with van der Waals surface area (Å²) in [5, 5.41) is 0. The van der Waals surface area contributed by atoms with Gasteiger partial charge in [-0.1, -0.05) is 25.7 Å². The Bertz CT molecular complexity index is 384. The Kier molecular flexibility index (Phi) is 4.36. The molecular weight excluding hydrogens is 224 g/mol. The maximum atomic E-state index is 6.52. The van der Waals surface area contributed by atoms with Crippen molar-refractivity contribution in [2.45, 2.75) is 57.1 Å². The lowest BCUT2D eigenvalue weighted by atomic mass is 9.82. The van der Waals surface area contributed by atoms with Gasteiger partial charge in [-0.25, -0.2) is 0 Å². The van der Waals surface area contributed by atoms with Crippen LogP contribution in [0, 0.1) is 6.92 Å². The van der Waals surface area contributed by atoms with Gasteiger partial charge >= 0.3 is 0 Å². The number of methoxy groups -OCH3 is 1. The molecule has 0 bridgehead atoms. The Balaban J connectivity index is 2.28. The van der Waals surface area contributed by atoms with Crippen LogP contribution in [0.3, 0.4) is 0 Å². The normalized spacial score (nSPS) is 21.3. The van der Waals surface area contributed by atoms with E-state index in [1.807, 2.05) is 18.5 Å². The zero-order valence-corrected chi connectivity index (χ0v) is 11.5. The lowest BCUT2D eigenvalue weighted by molar-refractivity contribution is -0.0444. The van der Waals surface area contributed by atoms with Crippen molar-refractivity contribution in [3.8, 4) is 0 Å². The Labute approximate surface area is 110 Å². The van der Waals surface area contributed by atoms with Crippen molar-refractivity contribution in [2.75, 3.05) is 7.11 Å². The standard InChI is InChI=1S/C15H24N2O/c1-12-7-10-17-11-13(12)14(16)15(18-2)8-5-3-4-6-9-15/h7,10-11,14H,3-6,8-9,16H2,1-2H3. The lowest BCUT2D eigenvalue weighted by Crippen LogP contribution is -2.43. The molecular formula is C15H24N2O. The van der Waals surface area contributed by atoms with E-state index in [4.69, 9.17) is 10.5 Å². The topological polar surface area (TPSA) is 48.1 Å². The molecule has 0 amide bonds. The highest BCUT2D eigenvalue weighted by Crippen LogP contribution is 2.39. The van der Waals surface area contributed by atoms with Crippen molar-refractivity contribution in [2.24, 2.45) is 5.73 Å². The highest BCUT2D eigenvalue weighted by molar-refractivity contribution is 5.27. The molecule has 1 aliphatic carbocycles. The highest BCUT2D eigenvalue weighted by atomic mass is 16.5. The number of ether oxygens (including phenoxy) is 1. The summed E-state index contributed by atoms with van der Waals surface area (Å²) in [6, 6.07) is 1.95. The fraction of sp³-hybridized carbons (Fsp3) is 0.667. The van der Waals surface area contributed by atoms with Crippen LogP contribution in [-0.4, -0.2) is 17.7 Å². The minimum Gasteiger partial charge on any atom is -0.376 e. The summed E-state index contributed by atoms with van der Waals surface area (Å²) < 4.78 is 5.88. The third-order valence-electron chi connectivity index (χ3n) is 4.34. The van der Waals surface area contributed by atoms with E-state index in [9.17, 15) is 0 Å². The van der Waals surface area contributed by atoms with Gasteiger partial charge in [0.05, 0.1) is 11.6 Å². The van der Waals surface area contributed by atoms with Gasteiger partial charge in [-0.05, 0) is 37.0 Å². The molecule has 2 N–H and O–H groups in total. The Hall–Kier alpha value is -0.930. The van der Waals surface area contributed by atoms with Gasteiger partial charge < -0.3 is 10.5 Å².